The van der Waals surface area contributed by atoms with Crippen molar-refractivity contribution in [2.75, 3.05) is 27.4 Å². The van der Waals surface area contributed by atoms with Crippen LogP contribution in [0.4, 0.5) is 4.79 Å². The van der Waals surface area contributed by atoms with E-state index in [-0.39, 0.29) is 18.9 Å². The summed E-state index contributed by atoms with van der Waals surface area (Å²) in [6.45, 7) is 4.34. The van der Waals surface area contributed by atoms with Gasteiger partial charge >= 0.3 is 18.0 Å². The Hall–Kier alpha value is -1.83. The highest BCUT2D eigenvalue weighted by Gasteiger charge is 2.25. The maximum atomic E-state index is 12.1. The van der Waals surface area contributed by atoms with E-state index in [4.69, 9.17) is 9.84 Å². The number of urea groups is 1. The number of esters is 1. The molecule has 0 unspecified atom stereocenters. The topological polar surface area (TPSA) is 105 Å². The number of carboxylic acid groups (broad SMARTS) is 1. The van der Waals surface area contributed by atoms with Crippen LogP contribution >= 0.6 is 0 Å². The number of carbonyl (C=O) groups is 3. The summed E-state index contributed by atoms with van der Waals surface area (Å²) in [4.78, 5) is 35.8. The molecule has 1 atom stereocenters. The lowest BCUT2D eigenvalue weighted by atomic mass is 10.1. The highest BCUT2D eigenvalue weighted by Crippen LogP contribution is 2.04. The van der Waals surface area contributed by atoms with Gasteiger partial charge in [-0.2, -0.15) is 0 Å². The Bertz CT molecular complexity index is 359. The third-order valence-corrected chi connectivity index (χ3v) is 2.88. The SMILES string of the molecule is COCCN(C(=O)N[C@@H](CCC(=O)OC)C(=O)O)C(C)C. The lowest BCUT2D eigenvalue weighted by Gasteiger charge is -2.28. The molecule has 0 rings (SSSR count). The first-order chi connectivity index (χ1) is 9.83. The first kappa shape index (κ1) is 19.2. The van der Waals surface area contributed by atoms with Crippen LogP contribution in [0, 0.1) is 0 Å². The second-order valence-corrected chi connectivity index (χ2v) is 4.74. The van der Waals surface area contributed by atoms with Gasteiger partial charge in [0.25, 0.3) is 0 Å². The maximum Gasteiger partial charge on any atom is 0.326 e. The molecule has 0 radical (unpaired) electrons. The number of carboxylic acids is 1. The van der Waals surface area contributed by atoms with E-state index in [0.717, 1.165) is 0 Å². The molecular weight excluding hydrogens is 280 g/mol. The number of nitrogens with one attached hydrogen (secondary N) is 1. The molecule has 0 aromatic carbocycles. The molecule has 0 aromatic heterocycles. The van der Waals surface area contributed by atoms with E-state index in [0.29, 0.717) is 13.2 Å². The van der Waals surface area contributed by atoms with Crippen LogP contribution in [0.5, 0.6) is 0 Å². The molecule has 122 valence electrons. The van der Waals surface area contributed by atoms with Gasteiger partial charge in [-0.25, -0.2) is 9.59 Å². The summed E-state index contributed by atoms with van der Waals surface area (Å²) in [7, 11) is 2.74. The molecule has 0 fully saturated rings. The summed E-state index contributed by atoms with van der Waals surface area (Å²) < 4.78 is 9.37. The Morgan fingerprint density at radius 2 is 1.86 bits per heavy atom. The Labute approximate surface area is 124 Å². The number of aliphatic carboxylic acids is 1. The van der Waals surface area contributed by atoms with E-state index in [9.17, 15) is 14.4 Å². The lowest BCUT2D eigenvalue weighted by molar-refractivity contribution is -0.142. The number of nitrogens with zero attached hydrogens (tertiary/aromatic N) is 1. The van der Waals surface area contributed by atoms with Crippen molar-refractivity contribution in [3.8, 4) is 0 Å². The zero-order chi connectivity index (χ0) is 16.4. The van der Waals surface area contributed by atoms with Crippen LogP contribution in [0.2, 0.25) is 0 Å². The monoisotopic (exact) mass is 304 g/mol. The van der Waals surface area contributed by atoms with Gasteiger partial charge in [-0.1, -0.05) is 0 Å². The quantitative estimate of drug-likeness (QED) is 0.600. The van der Waals surface area contributed by atoms with Crippen molar-refractivity contribution in [2.45, 2.75) is 38.8 Å². The summed E-state index contributed by atoms with van der Waals surface area (Å²) in [6.07, 6.45) is -0.0997. The second-order valence-electron chi connectivity index (χ2n) is 4.74. The molecule has 0 aromatic rings. The van der Waals surface area contributed by atoms with E-state index in [1.54, 1.807) is 0 Å². The number of methoxy groups -OCH3 is 2. The van der Waals surface area contributed by atoms with Crippen molar-refractivity contribution in [3.63, 3.8) is 0 Å². The Balaban J connectivity index is 4.62. The van der Waals surface area contributed by atoms with Gasteiger partial charge in [-0.05, 0) is 20.3 Å². The largest absolute Gasteiger partial charge is 0.480 e. The van der Waals surface area contributed by atoms with Gasteiger partial charge in [0.05, 0.1) is 13.7 Å². The third-order valence-electron chi connectivity index (χ3n) is 2.88. The number of carbonyl (C=O) groups excluding carboxylic acids is 2. The van der Waals surface area contributed by atoms with E-state index < -0.39 is 24.0 Å². The standard InChI is InChI=1S/C13H24N2O6/c1-9(2)15(7-8-20-3)13(19)14-10(12(17)18)5-6-11(16)21-4/h9-10H,5-8H2,1-4H3,(H,14,19)(H,17,18)/t10-/m0/s1. The molecule has 2 amide bonds. The molecular formula is C13H24N2O6. The lowest BCUT2D eigenvalue weighted by Crippen LogP contribution is -2.51. The fourth-order valence-electron chi connectivity index (χ4n) is 1.64. The summed E-state index contributed by atoms with van der Waals surface area (Å²) in [5.41, 5.74) is 0. The number of hydrogen-bond acceptors (Lipinski definition) is 5. The molecule has 0 aliphatic rings. The average Bonchev–Trinajstić information content (AvgIpc) is 2.42. The Morgan fingerprint density at radius 3 is 2.29 bits per heavy atom. The first-order valence-corrected chi connectivity index (χ1v) is 6.69. The fraction of sp³-hybridized carbons (Fsp3) is 0.769. The van der Waals surface area contributed by atoms with Crippen LogP contribution in [0.25, 0.3) is 0 Å². The molecule has 0 heterocycles. The summed E-state index contributed by atoms with van der Waals surface area (Å²) in [5.74, 6) is -1.71. The predicted octanol–water partition coefficient (Wildman–Crippen LogP) is 0.459. The minimum Gasteiger partial charge on any atom is -0.480 e. The first-order valence-electron chi connectivity index (χ1n) is 6.69. The van der Waals surface area contributed by atoms with Crippen molar-refractivity contribution in [3.05, 3.63) is 0 Å². The fourth-order valence-corrected chi connectivity index (χ4v) is 1.64. The molecule has 0 spiro atoms. The van der Waals surface area contributed by atoms with Crippen LogP contribution in [-0.4, -0.2) is 67.4 Å². The van der Waals surface area contributed by atoms with Crippen LogP contribution in [0.15, 0.2) is 0 Å². The molecule has 8 heteroatoms. The van der Waals surface area contributed by atoms with E-state index in [1.807, 2.05) is 13.8 Å². The van der Waals surface area contributed by atoms with E-state index in [2.05, 4.69) is 10.1 Å². The minimum atomic E-state index is -1.19. The molecule has 0 saturated heterocycles. The van der Waals surface area contributed by atoms with Gasteiger partial charge in [0.1, 0.15) is 6.04 Å². The van der Waals surface area contributed by atoms with Crippen LogP contribution in [0.3, 0.4) is 0 Å². The highest BCUT2D eigenvalue weighted by molar-refractivity contribution is 5.83. The Morgan fingerprint density at radius 1 is 1.24 bits per heavy atom. The number of hydrogen-bond donors (Lipinski definition) is 2. The maximum absolute atomic E-state index is 12.1. The zero-order valence-corrected chi connectivity index (χ0v) is 12.9. The smallest absolute Gasteiger partial charge is 0.326 e. The molecule has 0 aliphatic carbocycles. The van der Waals surface area contributed by atoms with Gasteiger partial charge in [0.2, 0.25) is 0 Å². The van der Waals surface area contributed by atoms with Crippen molar-refractivity contribution < 1.29 is 29.0 Å². The molecule has 21 heavy (non-hydrogen) atoms. The third kappa shape index (κ3) is 7.50. The van der Waals surface area contributed by atoms with Gasteiger partial charge in [-0.3, -0.25) is 4.79 Å². The zero-order valence-electron chi connectivity index (χ0n) is 12.9. The van der Waals surface area contributed by atoms with Crippen molar-refractivity contribution in [1.82, 2.24) is 10.2 Å². The second kappa shape index (κ2) is 9.98. The van der Waals surface area contributed by atoms with Crippen LogP contribution < -0.4 is 5.32 Å². The van der Waals surface area contributed by atoms with Gasteiger partial charge < -0.3 is 24.8 Å². The summed E-state index contributed by atoms with van der Waals surface area (Å²) >= 11 is 0. The Kier molecular flexibility index (Phi) is 9.11. The minimum absolute atomic E-state index is 0.0238. The van der Waals surface area contributed by atoms with E-state index >= 15 is 0 Å². The van der Waals surface area contributed by atoms with Gasteiger partial charge in [-0.15, -0.1) is 0 Å². The number of amides is 2. The van der Waals surface area contributed by atoms with Crippen molar-refractivity contribution >= 4 is 18.0 Å². The number of ether oxygens (including phenoxy) is 2. The molecule has 0 aliphatic heterocycles. The molecule has 0 saturated carbocycles. The van der Waals surface area contributed by atoms with Gasteiger partial charge in [0, 0.05) is 26.1 Å². The summed E-state index contributed by atoms with van der Waals surface area (Å²) in [6, 6.07) is -1.74. The number of rotatable bonds is 9. The average molecular weight is 304 g/mol. The van der Waals surface area contributed by atoms with Gasteiger partial charge in [0.15, 0.2) is 0 Å². The normalized spacial score (nSPS) is 11.9. The van der Waals surface area contributed by atoms with E-state index in [1.165, 1.54) is 19.1 Å². The predicted molar refractivity (Wildman–Crippen MR) is 74.9 cm³/mol. The van der Waals surface area contributed by atoms with Crippen LogP contribution in [0.1, 0.15) is 26.7 Å². The summed E-state index contributed by atoms with van der Waals surface area (Å²) in [5, 5.41) is 11.5. The highest BCUT2D eigenvalue weighted by atomic mass is 16.5. The van der Waals surface area contributed by atoms with Crippen molar-refractivity contribution in [2.24, 2.45) is 0 Å². The van der Waals surface area contributed by atoms with Crippen molar-refractivity contribution in [1.29, 1.82) is 0 Å². The molecule has 0 bridgehead atoms. The molecule has 2 N–H and O–H groups in total. The van der Waals surface area contributed by atoms with Crippen LogP contribution in [-0.2, 0) is 19.1 Å². The molecule has 8 nitrogen and oxygen atoms in total.